The van der Waals surface area contributed by atoms with Gasteiger partial charge in [0.1, 0.15) is 6.04 Å². The van der Waals surface area contributed by atoms with Crippen molar-refractivity contribution in [1.82, 2.24) is 20.4 Å². The normalized spacial score (nSPS) is 12.1. The highest BCUT2D eigenvalue weighted by Crippen LogP contribution is 2.18. The highest BCUT2D eigenvalue weighted by Gasteiger charge is 2.28. The molecule has 0 aliphatic heterocycles. The standard InChI is InChI=1S/C8H15NO8.C7H13NO6.C6H12O6S.C5H9NO4.C5H11NO4.C3H8O3/c10-5(11)1-3(7(14)15)9-4(8(16)17)2-6(12)13;9-5(10)1-2-8(3-6(11)12)4-7(13)14;7-4(8)1-3(6(11)12)13-2-5(9)10;1-6(2-4(7)8)3-5(9)10;7-4(8)1-2-6-3-5(9)10;1-6-2-3(4)5/h3-5,7,9-11,14-15H,1-2H2,(H,12,13)(H,16,17);5,9-10H,1-4H2,(H,11,12)(H,13,14);3-4,6-8,11-12H,1-2H2,(H,9,10);2-3H2,1H3,(H,7,8)(H,9,10);4,6-8H,1-3H2,(H,9,10);3-5H,2H2,1H3. The van der Waals surface area contributed by atoms with E-state index < -0.39 is 135 Å². The number of rotatable bonds is 32. The second-order valence-corrected chi connectivity index (χ2v) is 14.5. The summed E-state index contributed by atoms with van der Waals surface area (Å²) in [7, 11) is 2.84. The minimum atomic E-state index is -2.05. The number of carboxylic acid groups (broad SMARTS) is 8. The average molecular weight is 1060 g/mol. The quantitative estimate of drug-likeness (QED) is 0.0220. The highest BCUT2D eigenvalue weighted by atomic mass is 32.2. The van der Waals surface area contributed by atoms with Crippen molar-refractivity contribution in [2.45, 2.75) is 93.5 Å². The van der Waals surface area contributed by atoms with Gasteiger partial charge < -0.3 is 122 Å². The lowest BCUT2D eigenvalue weighted by molar-refractivity contribution is -0.148. The maximum atomic E-state index is 10.7. The van der Waals surface area contributed by atoms with E-state index in [1.54, 1.807) is 0 Å². The number of aliphatic carboxylic acids is 8. The van der Waals surface area contributed by atoms with E-state index in [2.05, 4.69) is 15.4 Å². The van der Waals surface area contributed by atoms with Gasteiger partial charge in [-0.3, -0.25) is 53.5 Å². The Bertz CT molecular complexity index is 1380. The number of carbonyl (C=O) groups is 8. The summed E-state index contributed by atoms with van der Waals surface area (Å²) in [6, 6.07) is -2.92. The monoisotopic (exact) mass is 1060 g/mol. The Morgan fingerprint density at radius 3 is 1.24 bits per heavy atom. The molecule has 0 saturated carbocycles. The molecule has 416 valence electrons. The Hall–Kier alpha value is -4.65. The molecule has 24 N–H and O–H groups in total. The number of methoxy groups -OCH3 is 1. The zero-order valence-electron chi connectivity index (χ0n) is 37.5. The number of thioether (sulfide) groups is 1. The number of likely N-dealkylation sites (N-methyl/N-ethyl adjacent to an activating group) is 1. The van der Waals surface area contributed by atoms with Crippen molar-refractivity contribution in [3.05, 3.63) is 0 Å². The zero-order chi connectivity index (χ0) is 56.3. The number of hydrogen-bond acceptors (Lipinski definition) is 28. The van der Waals surface area contributed by atoms with Crippen LogP contribution in [0.2, 0.25) is 0 Å². The van der Waals surface area contributed by atoms with E-state index in [-0.39, 0.29) is 57.8 Å². The molecule has 0 aromatic heterocycles. The molecule has 0 aliphatic carbocycles. The van der Waals surface area contributed by atoms with Crippen molar-refractivity contribution < 1.29 is 155 Å². The first-order valence-electron chi connectivity index (χ1n) is 19.3. The predicted molar refractivity (Wildman–Crippen MR) is 227 cm³/mol. The van der Waals surface area contributed by atoms with Crippen LogP contribution in [0, 0.1) is 0 Å². The Kier molecular flexibility index (Phi) is 52.7. The third kappa shape index (κ3) is 69.9. The fraction of sp³-hybridized carbons (Fsp3) is 0.765. The van der Waals surface area contributed by atoms with Gasteiger partial charge in [-0.15, -0.1) is 11.8 Å². The van der Waals surface area contributed by atoms with E-state index in [0.717, 1.165) is 16.7 Å². The molecule has 0 amide bonds. The van der Waals surface area contributed by atoms with Gasteiger partial charge >= 0.3 is 47.8 Å². The highest BCUT2D eigenvalue weighted by molar-refractivity contribution is 8.00. The number of hydrogen-bond donors (Lipinski definition) is 24. The van der Waals surface area contributed by atoms with E-state index in [4.69, 9.17) is 112 Å². The average Bonchev–Trinajstić information content (AvgIpc) is 3.16. The molecule has 0 aromatic carbocycles. The van der Waals surface area contributed by atoms with E-state index in [0.29, 0.717) is 6.54 Å². The van der Waals surface area contributed by atoms with Gasteiger partial charge in [0.2, 0.25) is 0 Å². The number of aliphatic hydroxyl groups excluding tert-OH is 7. The number of nitrogens with zero attached hydrogens (tertiary/aromatic N) is 2. The first-order chi connectivity index (χ1) is 32.0. The lowest BCUT2D eigenvalue weighted by Crippen LogP contribution is -2.50. The van der Waals surface area contributed by atoms with Crippen molar-refractivity contribution in [2.24, 2.45) is 0 Å². The Labute approximate surface area is 400 Å². The lowest BCUT2D eigenvalue weighted by atomic mass is 10.1. The van der Waals surface area contributed by atoms with Crippen LogP contribution in [0.25, 0.3) is 0 Å². The molecule has 36 heteroatoms. The van der Waals surface area contributed by atoms with Gasteiger partial charge in [-0.25, -0.2) is 0 Å². The van der Waals surface area contributed by atoms with Crippen LogP contribution in [-0.4, -0.2) is 304 Å². The van der Waals surface area contributed by atoms with Crippen molar-refractivity contribution in [3.8, 4) is 0 Å². The maximum absolute atomic E-state index is 10.7. The van der Waals surface area contributed by atoms with Gasteiger partial charge in [-0.1, -0.05) is 0 Å². The van der Waals surface area contributed by atoms with Gasteiger partial charge in [-0.2, -0.15) is 0 Å². The van der Waals surface area contributed by atoms with Crippen molar-refractivity contribution >= 4 is 59.5 Å². The molecule has 0 aliphatic rings. The smallest absolute Gasteiger partial charge is 0.321 e. The molecule has 35 nitrogen and oxygen atoms in total. The number of nitrogens with one attached hydrogen (secondary N) is 2. The van der Waals surface area contributed by atoms with Crippen LogP contribution in [0.1, 0.15) is 32.1 Å². The molecule has 70 heavy (non-hydrogen) atoms. The minimum absolute atomic E-state index is 0.0102. The van der Waals surface area contributed by atoms with Crippen LogP contribution in [0.5, 0.6) is 0 Å². The molecule has 0 aromatic rings. The third-order valence-corrected chi connectivity index (χ3v) is 7.79. The van der Waals surface area contributed by atoms with E-state index in [9.17, 15) is 38.4 Å². The molecule has 3 unspecified atom stereocenters. The molecular weight excluding hydrogens is 992 g/mol. The molecule has 0 bridgehead atoms. The summed E-state index contributed by atoms with van der Waals surface area (Å²) < 4.78 is 4.30. The first kappa shape index (κ1) is 76.8. The number of ether oxygens (including phenoxy) is 1. The fourth-order valence-electron chi connectivity index (χ4n) is 3.80. The molecular formula is C34H68N4O31S. The Morgan fingerprint density at radius 1 is 0.529 bits per heavy atom. The zero-order valence-corrected chi connectivity index (χ0v) is 38.3. The summed E-state index contributed by atoms with van der Waals surface area (Å²) in [5.74, 6) is -9.60. The van der Waals surface area contributed by atoms with E-state index in [1.807, 2.05) is 0 Å². The number of carboxylic acids is 8. The maximum Gasteiger partial charge on any atom is 0.321 e. The number of aliphatic hydroxyl groups is 14. The predicted octanol–water partition coefficient (Wildman–Crippen LogP) is -10.4. The van der Waals surface area contributed by atoms with Gasteiger partial charge in [-0.05, 0) is 7.05 Å². The molecule has 0 saturated heterocycles. The van der Waals surface area contributed by atoms with Gasteiger partial charge in [0.25, 0.3) is 0 Å². The lowest BCUT2D eigenvalue weighted by Gasteiger charge is -2.24. The van der Waals surface area contributed by atoms with Crippen LogP contribution >= 0.6 is 11.8 Å². The van der Waals surface area contributed by atoms with Crippen molar-refractivity contribution in [1.29, 1.82) is 0 Å². The van der Waals surface area contributed by atoms with Crippen LogP contribution in [0.3, 0.4) is 0 Å². The summed E-state index contributed by atoms with van der Waals surface area (Å²) in [6.45, 7) is -1.20. The third-order valence-electron chi connectivity index (χ3n) is 6.52. The molecule has 0 rings (SSSR count). The Morgan fingerprint density at radius 2 is 0.971 bits per heavy atom. The summed E-state index contributed by atoms with van der Waals surface area (Å²) in [5.41, 5.74) is 0. The van der Waals surface area contributed by atoms with Gasteiger partial charge in [0, 0.05) is 45.9 Å². The van der Waals surface area contributed by atoms with Gasteiger partial charge in [0.15, 0.2) is 44.0 Å². The second-order valence-electron chi connectivity index (χ2n) is 13.3. The largest absolute Gasteiger partial charge is 0.481 e. The molecule has 0 heterocycles. The Balaban J connectivity index is -0.000000180. The first-order valence-corrected chi connectivity index (χ1v) is 20.3. The van der Waals surface area contributed by atoms with E-state index in [1.165, 1.54) is 19.1 Å². The van der Waals surface area contributed by atoms with Crippen LogP contribution < -0.4 is 10.6 Å². The molecule has 0 radical (unpaired) electrons. The molecule has 3 atom stereocenters. The minimum Gasteiger partial charge on any atom is -0.481 e. The van der Waals surface area contributed by atoms with Gasteiger partial charge in [0.05, 0.1) is 62.8 Å². The van der Waals surface area contributed by atoms with Crippen molar-refractivity contribution in [3.63, 3.8) is 0 Å². The fourth-order valence-corrected chi connectivity index (χ4v) is 4.64. The summed E-state index contributed by atoms with van der Waals surface area (Å²) in [5, 5.41) is 189. The topological polar surface area (TPSA) is 621 Å². The summed E-state index contributed by atoms with van der Waals surface area (Å²) in [4.78, 5) is 83.8. The molecule has 0 fully saturated rings. The molecule has 0 spiro atoms. The summed E-state index contributed by atoms with van der Waals surface area (Å²) in [6.07, 6.45) is -13.2. The van der Waals surface area contributed by atoms with Crippen LogP contribution in [0.4, 0.5) is 0 Å². The SMILES string of the molecule is CN(CC(=O)O)CC(=O)O.COCC(O)O.O=C(O)CC(NC(CC(O)O)C(O)O)C(=O)O.O=C(O)CN(CCC(O)O)CC(=O)O.O=C(O)CNCCC(O)O.O=C(O)CSC(CC(O)O)C(O)O. The van der Waals surface area contributed by atoms with Crippen LogP contribution in [0.15, 0.2) is 0 Å². The second kappa shape index (κ2) is 48.0. The van der Waals surface area contributed by atoms with E-state index >= 15 is 0 Å². The van der Waals surface area contributed by atoms with Crippen molar-refractivity contribution in [2.75, 3.05) is 72.3 Å². The summed E-state index contributed by atoms with van der Waals surface area (Å²) >= 11 is 0.747. The van der Waals surface area contributed by atoms with Crippen LogP contribution in [-0.2, 0) is 43.1 Å².